The van der Waals surface area contributed by atoms with Crippen LogP contribution in [-0.2, 0) is 11.3 Å². The van der Waals surface area contributed by atoms with Crippen LogP contribution in [0.25, 0.3) is 0 Å². The second-order valence-electron chi connectivity index (χ2n) is 5.17. The molecular formula is C18H19NO4SSe. The summed E-state index contributed by atoms with van der Waals surface area (Å²) in [7, 11) is 2.86. The van der Waals surface area contributed by atoms with Gasteiger partial charge >= 0.3 is 156 Å². The summed E-state index contributed by atoms with van der Waals surface area (Å²) in [5.41, 5.74) is 1.54. The molecule has 5 nitrogen and oxygen atoms in total. The molecule has 0 spiro atoms. The van der Waals surface area contributed by atoms with Gasteiger partial charge in [0.1, 0.15) is 0 Å². The number of carbonyl (C=O) groups excluding carboxylic acids is 1. The van der Waals surface area contributed by atoms with Gasteiger partial charge in [0, 0.05) is 0 Å². The van der Waals surface area contributed by atoms with E-state index in [2.05, 4.69) is 5.32 Å². The molecule has 0 radical (unpaired) electrons. The normalized spacial score (nSPS) is 11.6. The van der Waals surface area contributed by atoms with Crippen LogP contribution in [0.15, 0.2) is 48.5 Å². The molecule has 0 bridgehead atoms. The number of aliphatic carboxylic acids is 1. The van der Waals surface area contributed by atoms with Gasteiger partial charge in [-0.05, 0) is 0 Å². The molecule has 2 aromatic rings. The summed E-state index contributed by atoms with van der Waals surface area (Å²) in [6.07, 6.45) is 0. The molecule has 0 saturated carbocycles. The van der Waals surface area contributed by atoms with Gasteiger partial charge in [-0.2, -0.15) is 0 Å². The number of carbonyl (C=O) groups is 2. The van der Waals surface area contributed by atoms with Gasteiger partial charge in [-0.15, -0.1) is 0 Å². The van der Waals surface area contributed by atoms with Crippen molar-refractivity contribution in [1.29, 1.82) is 0 Å². The molecule has 1 unspecified atom stereocenters. The third-order valence-electron chi connectivity index (χ3n) is 3.36. The van der Waals surface area contributed by atoms with Gasteiger partial charge in [-0.3, -0.25) is 0 Å². The Bertz CT molecular complexity index is 739. The molecule has 2 rings (SSSR count). The molecular weight excluding hydrogens is 405 g/mol. The second-order valence-corrected chi connectivity index (χ2v) is 9.35. The number of rotatable bonds is 8. The molecule has 2 aromatic carbocycles. The first kappa shape index (κ1) is 19.4. The molecule has 0 fully saturated rings. The minimum absolute atomic E-state index is 0.191. The molecule has 0 aliphatic carbocycles. The molecule has 1 amide bonds. The number of hydrogen-bond donors (Lipinski definition) is 2. The van der Waals surface area contributed by atoms with E-state index in [0.29, 0.717) is 17.9 Å². The summed E-state index contributed by atoms with van der Waals surface area (Å²) in [4.78, 5) is 23.6. The molecule has 0 aliphatic rings. The van der Waals surface area contributed by atoms with E-state index in [9.17, 15) is 9.59 Å². The number of hydrogen-bond acceptors (Lipinski definition) is 4. The fourth-order valence-corrected chi connectivity index (χ4v) is 6.24. The Morgan fingerprint density at radius 1 is 1.20 bits per heavy atom. The maximum atomic E-state index is 12.6. The first-order chi connectivity index (χ1) is 12.0. The summed E-state index contributed by atoms with van der Waals surface area (Å²) in [6, 6.07) is 15.0. The van der Waals surface area contributed by atoms with Gasteiger partial charge in [0.05, 0.1) is 0 Å². The van der Waals surface area contributed by atoms with Gasteiger partial charge < -0.3 is 0 Å². The number of carboxylic acid groups (broad SMARTS) is 1. The van der Waals surface area contributed by atoms with Gasteiger partial charge in [0.25, 0.3) is 0 Å². The van der Waals surface area contributed by atoms with Crippen molar-refractivity contribution in [3.63, 3.8) is 0 Å². The molecule has 132 valence electrons. The molecule has 25 heavy (non-hydrogen) atoms. The zero-order valence-corrected chi connectivity index (χ0v) is 16.4. The van der Waals surface area contributed by atoms with Gasteiger partial charge in [0.2, 0.25) is 0 Å². The van der Waals surface area contributed by atoms with Crippen molar-refractivity contribution in [3.8, 4) is 5.75 Å². The molecule has 7 heteroatoms. The number of benzene rings is 2. The van der Waals surface area contributed by atoms with Crippen molar-refractivity contribution in [2.45, 2.75) is 18.7 Å². The van der Waals surface area contributed by atoms with E-state index < -0.39 is 11.2 Å². The molecule has 1 atom stereocenters. The quantitative estimate of drug-likeness (QED) is 0.635. The number of nitrogens with one attached hydrogen (secondary N) is 1. The average Bonchev–Trinajstić information content (AvgIpc) is 2.64. The Balaban J connectivity index is 2.15. The predicted molar refractivity (Wildman–Crippen MR) is 101 cm³/mol. The standard InChI is InChI=1S/C18H19NO4SSe/c1-12(18(21)22)24-25-16-14(9-6-10-15(16)23-2)17(20)19-11-13-7-4-3-5-8-13/h3-10,12H,11H2,1-2H3,(H,19,20)(H,21,22). The van der Waals surface area contributed by atoms with Crippen molar-refractivity contribution in [2.75, 3.05) is 7.11 Å². The average molecular weight is 424 g/mol. The van der Waals surface area contributed by atoms with E-state index in [0.717, 1.165) is 10.0 Å². The van der Waals surface area contributed by atoms with Crippen LogP contribution < -0.4 is 14.5 Å². The molecule has 2 N–H and O–H groups in total. The van der Waals surface area contributed by atoms with Gasteiger partial charge in [-0.25, -0.2) is 0 Å². The van der Waals surface area contributed by atoms with E-state index in [1.807, 2.05) is 30.3 Å². The van der Waals surface area contributed by atoms with Crippen molar-refractivity contribution in [1.82, 2.24) is 5.32 Å². The third-order valence-corrected chi connectivity index (χ3v) is 8.47. The number of amides is 1. The molecule has 0 aliphatic heterocycles. The number of ether oxygens (including phenoxy) is 1. The fourth-order valence-electron chi connectivity index (χ4n) is 1.98. The topological polar surface area (TPSA) is 75.6 Å². The molecule has 0 saturated heterocycles. The van der Waals surface area contributed by atoms with E-state index in [-0.39, 0.29) is 19.7 Å². The van der Waals surface area contributed by atoms with Crippen molar-refractivity contribution in [3.05, 3.63) is 59.7 Å². The van der Waals surface area contributed by atoms with Crippen LogP contribution in [0, 0.1) is 0 Å². The molecule has 0 heterocycles. The van der Waals surface area contributed by atoms with Crippen LogP contribution in [-0.4, -0.2) is 43.2 Å². The zero-order chi connectivity index (χ0) is 18.2. The van der Waals surface area contributed by atoms with E-state index in [1.54, 1.807) is 32.2 Å². The number of carboxylic acids is 1. The second kappa shape index (κ2) is 9.51. The summed E-state index contributed by atoms with van der Waals surface area (Å²) in [5.74, 6) is -0.447. The Kier molecular flexibility index (Phi) is 7.37. The van der Waals surface area contributed by atoms with Crippen LogP contribution in [0.5, 0.6) is 5.75 Å². The van der Waals surface area contributed by atoms with Crippen LogP contribution in [0.1, 0.15) is 22.8 Å². The summed E-state index contributed by atoms with van der Waals surface area (Å²) in [6.45, 7) is 2.07. The Morgan fingerprint density at radius 3 is 2.56 bits per heavy atom. The van der Waals surface area contributed by atoms with Gasteiger partial charge in [-0.1, -0.05) is 0 Å². The maximum absolute atomic E-state index is 12.6. The summed E-state index contributed by atoms with van der Waals surface area (Å²) >= 11 is -0.260. The number of methoxy groups -OCH3 is 1. The van der Waals surface area contributed by atoms with Crippen molar-refractivity contribution < 1.29 is 19.4 Å². The first-order valence-corrected chi connectivity index (χ1v) is 11.3. The van der Waals surface area contributed by atoms with Gasteiger partial charge in [0.15, 0.2) is 0 Å². The fraction of sp³-hybridized carbons (Fsp3) is 0.222. The van der Waals surface area contributed by atoms with E-state index >= 15 is 0 Å². The summed E-state index contributed by atoms with van der Waals surface area (Å²) < 4.78 is 6.13. The Hall–Kier alpha value is -1.95. The van der Waals surface area contributed by atoms with Crippen molar-refractivity contribution >= 4 is 40.4 Å². The Morgan fingerprint density at radius 2 is 1.92 bits per heavy atom. The summed E-state index contributed by atoms with van der Waals surface area (Å²) in [5, 5.41) is 11.4. The zero-order valence-electron chi connectivity index (χ0n) is 13.9. The SMILES string of the molecule is COc1cccc(C(=O)NCc2ccccc2)c1[Se]SC(C)C(=O)O. The van der Waals surface area contributed by atoms with E-state index in [4.69, 9.17) is 9.84 Å². The van der Waals surface area contributed by atoms with E-state index in [1.165, 1.54) is 10.2 Å². The predicted octanol–water partition coefficient (Wildman–Crippen LogP) is 2.08. The van der Waals surface area contributed by atoms with Crippen LogP contribution in [0.2, 0.25) is 0 Å². The first-order valence-electron chi connectivity index (χ1n) is 7.58. The minimum atomic E-state index is -0.864. The Labute approximate surface area is 156 Å². The monoisotopic (exact) mass is 425 g/mol. The van der Waals surface area contributed by atoms with Crippen LogP contribution in [0.3, 0.4) is 0 Å². The van der Waals surface area contributed by atoms with Crippen LogP contribution >= 0.6 is 10.2 Å². The van der Waals surface area contributed by atoms with Crippen molar-refractivity contribution in [2.24, 2.45) is 0 Å². The third kappa shape index (κ3) is 5.53. The molecule has 0 aromatic heterocycles. The van der Waals surface area contributed by atoms with Crippen LogP contribution in [0.4, 0.5) is 0 Å².